The third-order valence-electron chi connectivity index (χ3n) is 2.46. The first-order valence-electron chi connectivity index (χ1n) is 6.18. The zero-order valence-corrected chi connectivity index (χ0v) is 11.0. The van der Waals surface area contributed by atoms with Crippen molar-refractivity contribution < 1.29 is 14.3 Å². The number of ether oxygens (including phenoxy) is 2. The highest BCUT2D eigenvalue weighted by Gasteiger charge is 2.13. The Labute approximate surface area is 107 Å². The van der Waals surface area contributed by atoms with Gasteiger partial charge in [0.15, 0.2) is 0 Å². The van der Waals surface area contributed by atoms with Gasteiger partial charge in [-0.25, -0.2) is 4.79 Å². The van der Waals surface area contributed by atoms with Gasteiger partial charge in [0.05, 0.1) is 12.8 Å². The fraction of sp³-hybridized carbons (Fsp3) is 0.667. The molecule has 0 aliphatic carbocycles. The van der Waals surface area contributed by atoms with E-state index in [1.54, 1.807) is 20.2 Å². The molecule has 6 nitrogen and oxygen atoms in total. The van der Waals surface area contributed by atoms with Gasteiger partial charge in [-0.05, 0) is 26.3 Å². The van der Waals surface area contributed by atoms with E-state index >= 15 is 0 Å². The van der Waals surface area contributed by atoms with Crippen LogP contribution in [0.2, 0.25) is 0 Å². The summed E-state index contributed by atoms with van der Waals surface area (Å²) in [5.41, 5.74) is 1.27. The molecule has 0 unspecified atom stereocenters. The molecule has 1 aromatic heterocycles. The second-order valence-corrected chi connectivity index (χ2v) is 3.87. The van der Waals surface area contributed by atoms with E-state index in [0.717, 1.165) is 31.6 Å². The fourth-order valence-electron chi connectivity index (χ4n) is 1.54. The van der Waals surface area contributed by atoms with Crippen LogP contribution in [0.4, 0.5) is 0 Å². The molecule has 0 aromatic carbocycles. The Bertz CT molecular complexity index is 352. The van der Waals surface area contributed by atoms with Crippen molar-refractivity contribution in [2.75, 3.05) is 26.9 Å². The number of carbonyl (C=O) groups is 1. The van der Waals surface area contributed by atoms with Crippen molar-refractivity contribution in [2.24, 2.45) is 0 Å². The predicted molar refractivity (Wildman–Crippen MR) is 67.4 cm³/mol. The lowest BCUT2D eigenvalue weighted by atomic mass is 10.2. The maximum Gasteiger partial charge on any atom is 0.356 e. The Hall–Kier alpha value is -1.40. The van der Waals surface area contributed by atoms with Crippen molar-refractivity contribution >= 4 is 5.97 Å². The summed E-state index contributed by atoms with van der Waals surface area (Å²) >= 11 is 0. The van der Waals surface area contributed by atoms with Crippen LogP contribution in [0, 0.1) is 0 Å². The first kappa shape index (κ1) is 14.7. The van der Waals surface area contributed by atoms with Crippen molar-refractivity contribution in [1.82, 2.24) is 15.5 Å². The van der Waals surface area contributed by atoms with Crippen LogP contribution in [0.25, 0.3) is 0 Å². The average molecular weight is 255 g/mol. The molecule has 18 heavy (non-hydrogen) atoms. The van der Waals surface area contributed by atoms with Gasteiger partial charge in [-0.1, -0.05) is 0 Å². The standard InChI is InChI=1S/C12H21N3O3/c1-3-18-12(16)11-10(9-14-15-11)8-13-6-4-5-7-17-2/h9,13H,3-8H2,1-2H3,(H,14,15). The third-order valence-corrected chi connectivity index (χ3v) is 2.46. The summed E-state index contributed by atoms with van der Waals surface area (Å²) in [5.74, 6) is -0.355. The van der Waals surface area contributed by atoms with E-state index in [0.29, 0.717) is 18.8 Å². The topological polar surface area (TPSA) is 76.2 Å². The van der Waals surface area contributed by atoms with Crippen LogP contribution in [-0.2, 0) is 16.0 Å². The Morgan fingerprint density at radius 3 is 3.06 bits per heavy atom. The molecule has 0 radical (unpaired) electrons. The van der Waals surface area contributed by atoms with E-state index in [1.807, 2.05) is 0 Å². The molecule has 0 fully saturated rings. The van der Waals surface area contributed by atoms with Crippen molar-refractivity contribution in [3.05, 3.63) is 17.5 Å². The molecule has 1 heterocycles. The van der Waals surface area contributed by atoms with Crippen LogP contribution < -0.4 is 5.32 Å². The van der Waals surface area contributed by atoms with E-state index in [-0.39, 0.29) is 5.97 Å². The minimum absolute atomic E-state index is 0.355. The second kappa shape index (κ2) is 8.66. The monoisotopic (exact) mass is 255 g/mol. The first-order valence-corrected chi connectivity index (χ1v) is 6.18. The minimum Gasteiger partial charge on any atom is -0.461 e. The maximum absolute atomic E-state index is 11.6. The number of H-pyrrole nitrogens is 1. The maximum atomic E-state index is 11.6. The van der Waals surface area contributed by atoms with Gasteiger partial charge in [0, 0.05) is 25.8 Å². The highest BCUT2D eigenvalue weighted by atomic mass is 16.5. The number of unbranched alkanes of at least 4 members (excludes halogenated alkanes) is 1. The Morgan fingerprint density at radius 1 is 1.50 bits per heavy atom. The van der Waals surface area contributed by atoms with Gasteiger partial charge in [0.25, 0.3) is 0 Å². The number of hydrogen-bond acceptors (Lipinski definition) is 5. The van der Waals surface area contributed by atoms with Crippen molar-refractivity contribution in [3.8, 4) is 0 Å². The van der Waals surface area contributed by atoms with Gasteiger partial charge in [0.2, 0.25) is 0 Å². The molecular formula is C12H21N3O3. The van der Waals surface area contributed by atoms with Gasteiger partial charge >= 0.3 is 5.97 Å². The van der Waals surface area contributed by atoms with E-state index in [1.165, 1.54) is 0 Å². The van der Waals surface area contributed by atoms with E-state index in [9.17, 15) is 4.79 Å². The third kappa shape index (κ3) is 4.85. The zero-order chi connectivity index (χ0) is 13.2. The summed E-state index contributed by atoms with van der Waals surface area (Å²) < 4.78 is 9.90. The van der Waals surface area contributed by atoms with Gasteiger partial charge in [-0.2, -0.15) is 5.10 Å². The van der Waals surface area contributed by atoms with Crippen LogP contribution >= 0.6 is 0 Å². The van der Waals surface area contributed by atoms with E-state index in [2.05, 4.69) is 15.5 Å². The normalized spacial score (nSPS) is 10.6. The molecule has 1 aromatic rings. The lowest BCUT2D eigenvalue weighted by Gasteiger charge is -2.05. The summed E-state index contributed by atoms with van der Waals surface area (Å²) in [7, 11) is 1.70. The Kier molecular flexibility index (Phi) is 7.05. The number of nitrogens with one attached hydrogen (secondary N) is 2. The molecule has 102 valence electrons. The van der Waals surface area contributed by atoms with Gasteiger partial charge in [-0.3, -0.25) is 5.10 Å². The van der Waals surface area contributed by atoms with Crippen LogP contribution in [0.15, 0.2) is 6.20 Å². The van der Waals surface area contributed by atoms with Gasteiger partial charge < -0.3 is 14.8 Å². The summed E-state index contributed by atoms with van der Waals surface area (Å²) in [6, 6.07) is 0. The number of hydrogen-bond donors (Lipinski definition) is 2. The molecule has 0 saturated heterocycles. The van der Waals surface area contributed by atoms with Crippen LogP contribution in [0.1, 0.15) is 35.8 Å². The lowest BCUT2D eigenvalue weighted by molar-refractivity contribution is 0.0518. The highest BCUT2D eigenvalue weighted by molar-refractivity contribution is 5.88. The molecule has 0 atom stereocenters. The summed E-state index contributed by atoms with van der Waals surface area (Å²) in [6.45, 7) is 4.42. The fourth-order valence-corrected chi connectivity index (χ4v) is 1.54. The molecule has 6 heteroatoms. The predicted octanol–water partition coefficient (Wildman–Crippen LogP) is 1.10. The molecule has 0 amide bonds. The molecule has 1 rings (SSSR count). The Morgan fingerprint density at radius 2 is 2.33 bits per heavy atom. The quantitative estimate of drug-likeness (QED) is 0.510. The number of aromatic nitrogens is 2. The second-order valence-electron chi connectivity index (χ2n) is 3.87. The van der Waals surface area contributed by atoms with E-state index < -0.39 is 0 Å². The number of carbonyl (C=O) groups excluding carboxylic acids is 1. The largest absolute Gasteiger partial charge is 0.461 e. The zero-order valence-electron chi connectivity index (χ0n) is 11.0. The number of aromatic amines is 1. The molecule has 2 N–H and O–H groups in total. The van der Waals surface area contributed by atoms with Gasteiger partial charge in [0.1, 0.15) is 5.69 Å². The van der Waals surface area contributed by atoms with Crippen molar-refractivity contribution in [2.45, 2.75) is 26.3 Å². The Balaban J connectivity index is 2.30. The molecule has 0 aliphatic rings. The van der Waals surface area contributed by atoms with Crippen LogP contribution in [0.3, 0.4) is 0 Å². The average Bonchev–Trinajstić information content (AvgIpc) is 2.82. The molecule has 0 spiro atoms. The van der Waals surface area contributed by atoms with Gasteiger partial charge in [-0.15, -0.1) is 0 Å². The van der Waals surface area contributed by atoms with Crippen molar-refractivity contribution in [3.63, 3.8) is 0 Å². The van der Waals surface area contributed by atoms with E-state index in [4.69, 9.17) is 9.47 Å². The summed E-state index contributed by atoms with van der Waals surface area (Å²) in [4.78, 5) is 11.6. The lowest BCUT2D eigenvalue weighted by Crippen LogP contribution is -2.17. The van der Waals surface area contributed by atoms with Crippen LogP contribution in [0.5, 0.6) is 0 Å². The molecule has 0 aliphatic heterocycles. The van der Waals surface area contributed by atoms with Crippen molar-refractivity contribution in [1.29, 1.82) is 0 Å². The summed E-state index contributed by atoms with van der Waals surface area (Å²) in [5, 5.41) is 9.80. The number of esters is 1. The molecular weight excluding hydrogens is 234 g/mol. The van der Waals surface area contributed by atoms with Crippen LogP contribution in [-0.4, -0.2) is 43.0 Å². The molecule has 0 bridgehead atoms. The minimum atomic E-state index is -0.355. The smallest absolute Gasteiger partial charge is 0.356 e. The summed E-state index contributed by atoms with van der Waals surface area (Å²) in [6.07, 6.45) is 3.72. The SMILES string of the molecule is CCOC(=O)c1[nH]ncc1CNCCCCOC. The molecule has 0 saturated carbocycles. The number of rotatable bonds is 9. The highest BCUT2D eigenvalue weighted by Crippen LogP contribution is 2.06. The first-order chi connectivity index (χ1) is 8.79. The number of nitrogens with zero attached hydrogens (tertiary/aromatic N) is 1. The number of methoxy groups -OCH3 is 1.